The van der Waals surface area contributed by atoms with Crippen molar-refractivity contribution in [1.82, 2.24) is 10.1 Å². The van der Waals surface area contributed by atoms with Crippen molar-refractivity contribution in [2.45, 2.75) is 19.3 Å². The number of nitrogens with zero attached hydrogens (tertiary/aromatic N) is 4. The molecule has 0 saturated carbocycles. The number of nitroso groups, excluding NO2 is 1. The maximum atomic E-state index is 10.3. The van der Waals surface area contributed by atoms with Crippen LogP contribution < -0.4 is 0 Å². The first-order chi connectivity index (χ1) is 5.88. The van der Waals surface area contributed by atoms with E-state index in [4.69, 9.17) is 5.26 Å². The summed E-state index contributed by atoms with van der Waals surface area (Å²) in [6.45, 7) is 1.74. The van der Waals surface area contributed by atoms with Gasteiger partial charge in [-0.3, -0.25) is 0 Å². The van der Waals surface area contributed by atoms with Crippen molar-refractivity contribution < 1.29 is 0 Å². The quantitative estimate of drug-likeness (QED) is 0.357. The van der Waals surface area contributed by atoms with Crippen LogP contribution in [0.5, 0.6) is 0 Å². The summed E-state index contributed by atoms with van der Waals surface area (Å²) in [7, 11) is 0. The van der Waals surface area contributed by atoms with Gasteiger partial charge in [0.15, 0.2) is 0 Å². The summed E-state index contributed by atoms with van der Waals surface area (Å²) in [6.07, 6.45) is 3.37. The van der Waals surface area contributed by atoms with Crippen LogP contribution in [0.4, 0.5) is 0 Å². The summed E-state index contributed by atoms with van der Waals surface area (Å²) < 4.78 is 0. The van der Waals surface area contributed by atoms with Gasteiger partial charge in [0.2, 0.25) is 0 Å². The Hall–Kier alpha value is -1.15. The molecule has 0 aliphatic carbocycles. The van der Waals surface area contributed by atoms with Gasteiger partial charge < -0.3 is 0 Å². The third-order valence-electron chi connectivity index (χ3n) is 1.97. The van der Waals surface area contributed by atoms with Crippen LogP contribution in [0.1, 0.15) is 19.3 Å². The Labute approximate surface area is 71.5 Å². The van der Waals surface area contributed by atoms with Crippen LogP contribution in [-0.4, -0.2) is 29.8 Å². The lowest BCUT2D eigenvalue weighted by Gasteiger charge is -2.31. The Morgan fingerprint density at radius 1 is 1.42 bits per heavy atom. The minimum Gasteiger partial charge on any atom is -0.201 e. The Morgan fingerprint density at radius 2 is 2.08 bits per heavy atom. The van der Waals surface area contributed by atoms with Crippen molar-refractivity contribution in [1.29, 1.82) is 5.26 Å². The Bertz CT molecular complexity index is 182. The second kappa shape index (κ2) is 4.67. The maximum Gasteiger partial charge on any atom is 0.143 e. The molecule has 0 amide bonds. The molecule has 1 heterocycles. The molecule has 66 valence electrons. The molecule has 0 atom stereocenters. The molecule has 12 heavy (non-hydrogen) atoms. The Morgan fingerprint density at radius 3 is 2.58 bits per heavy atom. The van der Waals surface area contributed by atoms with Crippen molar-refractivity contribution in [3.8, 4) is 6.07 Å². The highest BCUT2D eigenvalue weighted by atomic mass is 16.3. The standard InChI is InChI=1S/C7H12N4O/c8-4-7-11(9-12)10-5-2-1-3-6-10/h1-3,5-7H2. The molecule has 0 aromatic carbocycles. The molecule has 1 fully saturated rings. The number of hydrogen-bond donors (Lipinski definition) is 0. The van der Waals surface area contributed by atoms with Crippen molar-refractivity contribution in [3.63, 3.8) is 0 Å². The molecule has 1 saturated heterocycles. The number of hydrogen-bond acceptors (Lipinski definition) is 4. The Balaban J connectivity index is 2.41. The monoisotopic (exact) mass is 168 g/mol. The molecular weight excluding hydrogens is 156 g/mol. The molecule has 0 aromatic rings. The predicted octanol–water partition coefficient (Wildman–Crippen LogP) is 0.894. The van der Waals surface area contributed by atoms with Gasteiger partial charge in [0.05, 0.1) is 11.4 Å². The summed E-state index contributed by atoms with van der Waals surface area (Å²) in [4.78, 5) is 10.3. The lowest BCUT2D eigenvalue weighted by Crippen LogP contribution is -2.42. The average Bonchev–Trinajstić information content (AvgIpc) is 2.15. The predicted molar refractivity (Wildman–Crippen MR) is 43.5 cm³/mol. The molecule has 5 nitrogen and oxygen atoms in total. The van der Waals surface area contributed by atoms with E-state index in [2.05, 4.69) is 5.29 Å². The smallest absolute Gasteiger partial charge is 0.143 e. The zero-order valence-corrected chi connectivity index (χ0v) is 6.94. The molecule has 0 spiro atoms. The molecule has 1 aliphatic rings. The highest BCUT2D eigenvalue weighted by molar-refractivity contribution is 4.74. The first kappa shape index (κ1) is 8.94. The molecule has 0 aromatic heterocycles. The zero-order valence-electron chi connectivity index (χ0n) is 6.94. The third-order valence-corrected chi connectivity index (χ3v) is 1.97. The van der Waals surface area contributed by atoms with Crippen LogP contribution in [-0.2, 0) is 0 Å². The van der Waals surface area contributed by atoms with Gasteiger partial charge in [0, 0.05) is 13.1 Å². The average molecular weight is 168 g/mol. The van der Waals surface area contributed by atoms with Crippen LogP contribution in [0.3, 0.4) is 0 Å². The van der Waals surface area contributed by atoms with E-state index in [1.54, 1.807) is 0 Å². The van der Waals surface area contributed by atoms with Crippen molar-refractivity contribution in [3.05, 3.63) is 4.91 Å². The van der Waals surface area contributed by atoms with Gasteiger partial charge in [-0.05, 0) is 12.8 Å². The van der Waals surface area contributed by atoms with E-state index in [-0.39, 0.29) is 6.54 Å². The molecule has 1 aliphatic heterocycles. The van der Waals surface area contributed by atoms with E-state index in [1.807, 2.05) is 11.1 Å². The zero-order chi connectivity index (χ0) is 8.81. The van der Waals surface area contributed by atoms with Gasteiger partial charge in [-0.2, -0.15) is 10.4 Å². The fourth-order valence-electron chi connectivity index (χ4n) is 1.35. The van der Waals surface area contributed by atoms with E-state index in [0.717, 1.165) is 25.9 Å². The van der Waals surface area contributed by atoms with Gasteiger partial charge in [-0.1, -0.05) is 6.42 Å². The fraction of sp³-hybridized carbons (Fsp3) is 0.857. The minimum atomic E-state index is 0.0590. The summed E-state index contributed by atoms with van der Waals surface area (Å²) >= 11 is 0. The second-order valence-electron chi connectivity index (χ2n) is 2.78. The van der Waals surface area contributed by atoms with Gasteiger partial charge in [-0.15, -0.1) is 4.91 Å². The number of piperidine rings is 1. The first-order valence-corrected chi connectivity index (χ1v) is 4.11. The van der Waals surface area contributed by atoms with Crippen LogP contribution >= 0.6 is 0 Å². The summed E-state index contributed by atoms with van der Waals surface area (Å²) in [6, 6.07) is 1.91. The van der Waals surface area contributed by atoms with E-state index in [9.17, 15) is 4.91 Å². The maximum absolute atomic E-state index is 10.3. The Kier molecular flexibility index (Phi) is 3.48. The molecule has 0 bridgehead atoms. The lowest BCUT2D eigenvalue weighted by molar-refractivity contribution is -0.0285. The number of nitriles is 1. The molecule has 0 unspecified atom stereocenters. The molecular formula is C7H12N4O. The highest BCUT2D eigenvalue weighted by Crippen LogP contribution is 2.11. The van der Waals surface area contributed by atoms with E-state index >= 15 is 0 Å². The molecule has 0 N–H and O–H groups in total. The van der Waals surface area contributed by atoms with Crippen molar-refractivity contribution in [2.75, 3.05) is 19.6 Å². The van der Waals surface area contributed by atoms with E-state index in [0.29, 0.717) is 0 Å². The fourth-order valence-corrected chi connectivity index (χ4v) is 1.35. The normalized spacial score (nSPS) is 18.2. The second-order valence-corrected chi connectivity index (χ2v) is 2.78. The first-order valence-electron chi connectivity index (χ1n) is 4.11. The topological polar surface area (TPSA) is 59.7 Å². The summed E-state index contributed by atoms with van der Waals surface area (Å²) in [5, 5.41) is 14.2. The number of hydrazine groups is 1. The van der Waals surface area contributed by atoms with Crippen molar-refractivity contribution >= 4 is 0 Å². The molecule has 1 rings (SSSR count). The van der Waals surface area contributed by atoms with Gasteiger partial charge in [0.25, 0.3) is 0 Å². The van der Waals surface area contributed by atoms with Crippen LogP contribution in [0.2, 0.25) is 0 Å². The van der Waals surface area contributed by atoms with Gasteiger partial charge >= 0.3 is 0 Å². The molecule has 5 heteroatoms. The van der Waals surface area contributed by atoms with E-state index < -0.39 is 0 Å². The largest absolute Gasteiger partial charge is 0.201 e. The minimum absolute atomic E-state index is 0.0590. The van der Waals surface area contributed by atoms with Crippen LogP contribution in [0, 0.1) is 16.2 Å². The SMILES string of the molecule is N#CCN(N=O)N1CCCCC1. The summed E-state index contributed by atoms with van der Waals surface area (Å²) in [5.41, 5.74) is 0. The summed E-state index contributed by atoms with van der Waals surface area (Å²) in [5.74, 6) is 0. The highest BCUT2D eigenvalue weighted by Gasteiger charge is 2.16. The van der Waals surface area contributed by atoms with E-state index in [1.165, 1.54) is 11.5 Å². The molecule has 0 radical (unpaired) electrons. The lowest BCUT2D eigenvalue weighted by atomic mass is 10.2. The third kappa shape index (κ3) is 2.17. The van der Waals surface area contributed by atoms with Crippen molar-refractivity contribution in [2.24, 2.45) is 5.29 Å². The van der Waals surface area contributed by atoms with Gasteiger partial charge in [0.1, 0.15) is 6.54 Å². The number of rotatable bonds is 3. The van der Waals surface area contributed by atoms with Crippen LogP contribution in [0.15, 0.2) is 5.29 Å². The van der Waals surface area contributed by atoms with Crippen LogP contribution in [0.25, 0.3) is 0 Å². The van der Waals surface area contributed by atoms with Gasteiger partial charge in [-0.25, -0.2) is 5.01 Å².